The summed E-state index contributed by atoms with van der Waals surface area (Å²) in [6, 6.07) is 6.05. The van der Waals surface area contributed by atoms with Crippen LogP contribution in [0.15, 0.2) is 34.2 Å². The minimum atomic E-state index is -0.0127. The third-order valence-corrected chi connectivity index (χ3v) is 4.75. The molecule has 1 atom stereocenters. The lowest BCUT2D eigenvalue weighted by Gasteiger charge is -2.21. The SMILES string of the molecule is CCCn1cc(Br)cc1C(=O)NC(c1cccs1)C(C)C. The highest BCUT2D eigenvalue weighted by molar-refractivity contribution is 9.10. The van der Waals surface area contributed by atoms with Crippen LogP contribution in [-0.4, -0.2) is 10.5 Å². The lowest BCUT2D eigenvalue weighted by Crippen LogP contribution is -2.32. The first kappa shape index (κ1) is 16.3. The van der Waals surface area contributed by atoms with Crippen LogP contribution in [0.2, 0.25) is 0 Å². The van der Waals surface area contributed by atoms with E-state index >= 15 is 0 Å². The number of nitrogens with one attached hydrogen (secondary N) is 1. The van der Waals surface area contributed by atoms with Crippen LogP contribution < -0.4 is 5.32 Å². The van der Waals surface area contributed by atoms with Crippen LogP contribution in [0.3, 0.4) is 0 Å². The lowest BCUT2D eigenvalue weighted by atomic mass is 10.0. The van der Waals surface area contributed by atoms with Gasteiger partial charge in [-0.25, -0.2) is 0 Å². The van der Waals surface area contributed by atoms with Crippen molar-refractivity contribution in [3.63, 3.8) is 0 Å². The third-order valence-electron chi connectivity index (χ3n) is 3.36. The summed E-state index contributed by atoms with van der Waals surface area (Å²) in [5.41, 5.74) is 0.714. The molecule has 2 heterocycles. The van der Waals surface area contributed by atoms with E-state index in [0.29, 0.717) is 11.6 Å². The van der Waals surface area contributed by atoms with E-state index in [-0.39, 0.29) is 11.9 Å². The van der Waals surface area contributed by atoms with E-state index in [4.69, 9.17) is 0 Å². The maximum absolute atomic E-state index is 12.6. The molecular weight excluding hydrogens is 348 g/mol. The van der Waals surface area contributed by atoms with Gasteiger partial charge in [-0.2, -0.15) is 0 Å². The monoisotopic (exact) mass is 368 g/mol. The Morgan fingerprint density at radius 1 is 1.48 bits per heavy atom. The molecule has 0 spiro atoms. The van der Waals surface area contributed by atoms with Crippen LogP contribution >= 0.6 is 27.3 Å². The smallest absolute Gasteiger partial charge is 0.268 e. The fourth-order valence-electron chi connectivity index (χ4n) is 2.34. The summed E-state index contributed by atoms with van der Waals surface area (Å²) in [5, 5.41) is 5.23. The van der Waals surface area contributed by atoms with Crippen molar-refractivity contribution in [3.05, 3.63) is 44.8 Å². The minimum Gasteiger partial charge on any atom is -0.343 e. The van der Waals surface area contributed by atoms with Gasteiger partial charge in [-0.05, 0) is 45.8 Å². The molecule has 0 aliphatic carbocycles. The number of carbonyl (C=O) groups excluding carboxylic acids is 1. The van der Waals surface area contributed by atoms with E-state index in [0.717, 1.165) is 17.4 Å². The van der Waals surface area contributed by atoms with Crippen LogP contribution in [0.5, 0.6) is 0 Å². The number of amides is 1. The Kier molecular flexibility index (Phi) is 5.65. The molecule has 0 saturated heterocycles. The topological polar surface area (TPSA) is 34.0 Å². The van der Waals surface area contributed by atoms with Crippen molar-refractivity contribution in [3.8, 4) is 0 Å². The first-order valence-electron chi connectivity index (χ1n) is 7.22. The molecule has 0 aromatic carbocycles. The fraction of sp³-hybridized carbons (Fsp3) is 0.438. The maximum Gasteiger partial charge on any atom is 0.268 e. The van der Waals surface area contributed by atoms with Gasteiger partial charge in [0.1, 0.15) is 5.69 Å². The van der Waals surface area contributed by atoms with E-state index in [1.54, 1.807) is 11.3 Å². The van der Waals surface area contributed by atoms with Crippen LogP contribution in [-0.2, 0) is 6.54 Å². The van der Waals surface area contributed by atoms with Crippen molar-refractivity contribution in [2.24, 2.45) is 5.92 Å². The number of nitrogens with zero attached hydrogens (tertiary/aromatic N) is 1. The number of aryl methyl sites for hydroxylation is 1. The van der Waals surface area contributed by atoms with E-state index in [9.17, 15) is 4.79 Å². The molecule has 1 N–H and O–H groups in total. The second kappa shape index (κ2) is 7.27. The predicted octanol–water partition coefficient (Wildman–Crippen LogP) is 4.85. The molecule has 2 rings (SSSR count). The molecule has 0 saturated carbocycles. The Labute approximate surface area is 138 Å². The molecule has 0 aliphatic heterocycles. The first-order valence-corrected chi connectivity index (χ1v) is 8.90. The van der Waals surface area contributed by atoms with E-state index in [2.05, 4.69) is 48.1 Å². The quantitative estimate of drug-likeness (QED) is 0.776. The predicted molar refractivity (Wildman–Crippen MR) is 91.8 cm³/mol. The number of rotatable bonds is 6. The van der Waals surface area contributed by atoms with Crippen molar-refractivity contribution in [2.45, 2.75) is 39.8 Å². The second-order valence-corrected chi connectivity index (χ2v) is 7.34. The van der Waals surface area contributed by atoms with Crippen molar-refractivity contribution >= 4 is 33.2 Å². The zero-order valence-corrected chi connectivity index (χ0v) is 15.0. The van der Waals surface area contributed by atoms with Gasteiger partial charge in [0, 0.05) is 22.1 Å². The highest BCUT2D eigenvalue weighted by Gasteiger charge is 2.21. The molecule has 3 nitrogen and oxygen atoms in total. The molecular formula is C16H21BrN2OS. The molecule has 5 heteroatoms. The van der Waals surface area contributed by atoms with Gasteiger partial charge in [0.15, 0.2) is 0 Å². The molecule has 0 radical (unpaired) electrons. The first-order chi connectivity index (χ1) is 10.0. The summed E-state index contributed by atoms with van der Waals surface area (Å²) in [6.45, 7) is 7.22. The minimum absolute atomic E-state index is 0.0127. The van der Waals surface area contributed by atoms with E-state index < -0.39 is 0 Å². The summed E-state index contributed by atoms with van der Waals surface area (Å²) in [7, 11) is 0. The summed E-state index contributed by atoms with van der Waals surface area (Å²) >= 11 is 5.14. The van der Waals surface area contributed by atoms with Crippen LogP contribution in [0.4, 0.5) is 0 Å². The van der Waals surface area contributed by atoms with Gasteiger partial charge in [0.25, 0.3) is 5.91 Å². The highest BCUT2D eigenvalue weighted by Crippen LogP contribution is 2.26. The summed E-state index contributed by atoms with van der Waals surface area (Å²) in [4.78, 5) is 13.8. The molecule has 2 aromatic rings. The average Bonchev–Trinajstić information content (AvgIpc) is 3.05. The molecule has 0 aliphatic rings. The Morgan fingerprint density at radius 3 is 2.81 bits per heavy atom. The molecule has 114 valence electrons. The fourth-order valence-corrected chi connectivity index (χ4v) is 3.75. The zero-order chi connectivity index (χ0) is 15.4. The van der Waals surface area contributed by atoms with Gasteiger partial charge in [0.2, 0.25) is 0 Å². The van der Waals surface area contributed by atoms with Crippen LogP contribution in [0, 0.1) is 5.92 Å². The number of hydrogen-bond acceptors (Lipinski definition) is 2. The van der Waals surface area contributed by atoms with Crippen LogP contribution in [0.25, 0.3) is 0 Å². The molecule has 21 heavy (non-hydrogen) atoms. The van der Waals surface area contributed by atoms with Gasteiger partial charge in [-0.3, -0.25) is 4.79 Å². The van der Waals surface area contributed by atoms with Gasteiger partial charge in [0.05, 0.1) is 6.04 Å². The largest absolute Gasteiger partial charge is 0.343 e. The number of hydrogen-bond donors (Lipinski definition) is 1. The molecule has 1 unspecified atom stereocenters. The van der Waals surface area contributed by atoms with E-state index in [1.165, 1.54) is 4.88 Å². The van der Waals surface area contributed by atoms with Crippen molar-refractivity contribution in [1.29, 1.82) is 0 Å². The van der Waals surface area contributed by atoms with Crippen LogP contribution in [0.1, 0.15) is 48.6 Å². The van der Waals surface area contributed by atoms with Gasteiger partial charge >= 0.3 is 0 Å². The van der Waals surface area contributed by atoms with E-state index in [1.807, 2.05) is 28.3 Å². The Balaban J connectivity index is 2.20. The third kappa shape index (κ3) is 3.98. The molecule has 0 bridgehead atoms. The van der Waals surface area contributed by atoms with Crippen molar-refractivity contribution < 1.29 is 4.79 Å². The Morgan fingerprint density at radius 2 is 2.24 bits per heavy atom. The summed E-state index contributed by atoms with van der Waals surface area (Å²) < 4.78 is 2.95. The normalized spacial score (nSPS) is 12.6. The Hall–Kier alpha value is -1.07. The number of halogens is 1. The maximum atomic E-state index is 12.6. The van der Waals surface area contributed by atoms with Crippen molar-refractivity contribution in [1.82, 2.24) is 9.88 Å². The van der Waals surface area contributed by atoms with Gasteiger partial charge < -0.3 is 9.88 Å². The summed E-state index contributed by atoms with van der Waals surface area (Å²) in [5.74, 6) is 0.340. The lowest BCUT2D eigenvalue weighted by molar-refractivity contribution is 0.0917. The molecule has 2 aromatic heterocycles. The average molecular weight is 369 g/mol. The van der Waals surface area contributed by atoms with Gasteiger partial charge in [-0.15, -0.1) is 11.3 Å². The molecule has 1 amide bonds. The Bertz CT molecular complexity index is 589. The van der Waals surface area contributed by atoms with Gasteiger partial charge in [-0.1, -0.05) is 26.8 Å². The summed E-state index contributed by atoms with van der Waals surface area (Å²) in [6.07, 6.45) is 2.97. The number of aromatic nitrogens is 1. The number of thiophene rings is 1. The zero-order valence-electron chi connectivity index (χ0n) is 12.6. The highest BCUT2D eigenvalue weighted by atomic mass is 79.9. The standard InChI is InChI=1S/C16H21BrN2OS/c1-4-7-19-10-12(17)9-13(19)16(20)18-15(11(2)3)14-6-5-8-21-14/h5-6,8-11,15H,4,7H2,1-3H3,(H,18,20). The second-order valence-electron chi connectivity index (χ2n) is 5.45. The van der Waals surface area contributed by atoms with Crippen molar-refractivity contribution in [2.75, 3.05) is 0 Å². The molecule has 0 fully saturated rings. The number of carbonyl (C=O) groups is 1.